The Morgan fingerprint density at radius 3 is 3.31 bits per heavy atom. The predicted octanol–water partition coefficient (Wildman–Crippen LogP) is 1.15. The van der Waals surface area contributed by atoms with Gasteiger partial charge in [0, 0.05) is 11.8 Å². The van der Waals surface area contributed by atoms with Gasteiger partial charge in [-0.05, 0) is 31.8 Å². The van der Waals surface area contributed by atoms with Crippen molar-refractivity contribution < 1.29 is 4.79 Å². The van der Waals surface area contributed by atoms with Crippen molar-refractivity contribution in [1.82, 2.24) is 15.6 Å². The van der Waals surface area contributed by atoms with Gasteiger partial charge in [0.2, 0.25) is 5.91 Å². The van der Waals surface area contributed by atoms with E-state index in [1.807, 2.05) is 5.38 Å². The summed E-state index contributed by atoms with van der Waals surface area (Å²) in [4.78, 5) is 15.8. The number of carbonyl (C=O) groups is 1. The van der Waals surface area contributed by atoms with Crippen LogP contribution in [0.2, 0.25) is 0 Å². The Labute approximate surface area is 99.5 Å². The highest BCUT2D eigenvalue weighted by Gasteiger charge is 2.16. The number of hydrogen-bond acceptors (Lipinski definition) is 4. The van der Waals surface area contributed by atoms with Gasteiger partial charge in [-0.15, -0.1) is 11.3 Å². The van der Waals surface area contributed by atoms with Crippen molar-refractivity contribution in [2.24, 2.45) is 5.92 Å². The quantitative estimate of drug-likeness (QED) is 0.828. The van der Waals surface area contributed by atoms with Gasteiger partial charge in [-0.2, -0.15) is 0 Å². The number of piperidine rings is 1. The van der Waals surface area contributed by atoms with E-state index in [1.54, 1.807) is 16.8 Å². The molecule has 1 aliphatic heterocycles. The van der Waals surface area contributed by atoms with E-state index in [1.165, 1.54) is 6.42 Å². The highest BCUT2D eigenvalue weighted by molar-refractivity contribution is 7.07. The molecule has 2 N–H and O–H groups in total. The lowest BCUT2D eigenvalue weighted by atomic mass is 9.96. The SMILES string of the molecule is O=C(CC1CCCNC1)NCc1cscn1. The molecule has 16 heavy (non-hydrogen) atoms. The molecule has 1 amide bonds. The zero-order valence-corrected chi connectivity index (χ0v) is 10.1. The molecule has 1 aliphatic rings. The lowest BCUT2D eigenvalue weighted by molar-refractivity contribution is -0.122. The number of carbonyl (C=O) groups excluding carboxylic acids is 1. The lowest BCUT2D eigenvalue weighted by Gasteiger charge is -2.21. The van der Waals surface area contributed by atoms with E-state index >= 15 is 0 Å². The van der Waals surface area contributed by atoms with Crippen LogP contribution in [0.4, 0.5) is 0 Å². The molecule has 4 nitrogen and oxygen atoms in total. The molecule has 2 rings (SSSR count). The average Bonchev–Trinajstić information content (AvgIpc) is 2.81. The first-order valence-corrected chi connectivity index (χ1v) is 6.63. The molecular weight excluding hydrogens is 222 g/mol. The topological polar surface area (TPSA) is 54.0 Å². The van der Waals surface area contributed by atoms with Crippen molar-refractivity contribution >= 4 is 17.2 Å². The molecule has 2 heterocycles. The highest BCUT2D eigenvalue weighted by atomic mass is 32.1. The molecule has 0 aliphatic carbocycles. The summed E-state index contributed by atoms with van der Waals surface area (Å²) in [6.45, 7) is 2.63. The smallest absolute Gasteiger partial charge is 0.220 e. The number of amides is 1. The number of aromatic nitrogens is 1. The Bertz CT molecular complexity index is 320. The molecule has 0 bridgehead atoms. The zero-order valence-electron chi connectivity index (χ0n) is 9.24. The maximum atomic E-state index is 11.6. The van der Waals surface area contributed by atoms with Crippen molar-refractivity contribution in [2.75, 3.05) is 13.1 Å². The van der Waals surface area contributed by atoms with Gasteiger partial charge in [0.25, 0.3) is 0 Å². The van der Waals surface area contributed by atoms with Crippen LogP contribution >= 0.6 is 11.3 Å². The van der Waals surface area contributed by atoms with Gasteiger partial charge in [0.05, 0.1) is 17.7 Å². The summed E-state index contributed by atoms with van der Waals surface area (Å²) in [7, 11) is 0. The third kappa shape index (κ3) is 3.57. The first-order chi connectivity index (χ1) is 7.84. The number of nitrogens with one attached hydrogen (secondary N) is 2. The number of hydrogen-bond donors (Lipinski definition) is 2. The summed E-state index contributed by atoms with van der Waals surface area (Å²) in [5.74, 6) is 0.644. The summed E-state index contributed by atoms with van der Waals surface area (Å²) >= 11 is 1.55. The molecule has 5 heteroatoms. The largest absolute Gasteiger partial charge is 0.350 e. The Morgan fingerprint density at radius 2 is 2.62 bits per heavy atom. The van der Waals surface area contributed by atoms with Crippen LogP contribution in [-0.2, 0) is 11.3 Å². The molecule has 0 saturated carbocycles. The normalized spacial score (nSPS) is 20.6. The van der Waals surface area contributed by atoms with Crippen molar-refractivity contribution in [2.45, 2.75) is 25.8 Å². The Kier molecular flexibility index (Phi) is 4.30. The number of rotatable bonds is 4. The van der Waals surface area contributed by atoms with Crippen LogP contribution < -0.4 is 10.6 Å². The van der Waals surface area contributed by atoms with Gasteiger partial charge in [0.15, 0.2) is 0 Å². The second-order valence-corrected chi connectivity index (χ2v) is 4.89. The molecule has 1 fully saturated rings. The van der Waals surface area contributed by atoms with Gasteiger partial charge in [-0.1, -0.05) is 0 Å². The first kappa shape index (κ1) is 11.5. The summed E-state index contributed by atoms with van der Waals surface area (Å²) in [5, 5.41) is 8.19. The van der Waals surface area contributed by atoms with Crippen LogP contribution in [0.25, 0.3) is 0 Å². The minimum absolute atomic E-state index is 0.140. The van der Waals surface area contributed by atoms with Crippen LogP contribution in [0.1, 0.15) is 25.0 Å². The fraction of sp³-hybridized carbons (Fsp3) is 0.636. The number of nitrogens with zero attached hydrogens (tertiary/aromatic N) is 1. The molecule has 0 spiro atoms. The van der Waals surface area contributed by atoms with Gasteiger partial charge in [-0.3, -0.25) is 4.79 Å². The third-order valence-electron chi connectivity index (χ3n) is 2.82. The minimum Gasteiger partial charge on any atom is -0.350 e. The third-order valence-corrected chi connectivity index (χ3v) is 3.46. The van der Waals surface area contributed by atoms with E-state index < -0.39 is 0 Å². The molecule has 88 valence electrons. The molecular formula is C11H17N3OS. The second-order valence-electron chi connectivity index (χ2n) is 4.17. The van der Waals surface area contributed by atoms with E-state index in [9.17, 15) is 4.79 Å². The van der Waals surface area contributed by atoms with E-state index in [0.29, 0.717) is 18.9 Å². The van der Waals surface area contributed by atoms with Gasteiger partial charge >= 0.3 is 0 Å². The van der Waals surface area contributed by atoms with E-state index in [4.69, 9.17) is 0 Å². The van der Waals surface area contributed by atoms with E-state index in [0.717, 1.165) is 25.2 Å². The molecule has 1 aromatic rings. The zero-order chi connectivity index (χ0) is 11.2. The van der Waals surface area contributed by atoms with Crippen LogP contribution in [0.15, 0.2) is 10.9 Å². The van der Waals surface area contributed by atoms with Crippen LogP contribution in [-0.4, -0.2) is 24.0 Å². The van der Waals surface area contributed by atoms with Crippen molar-refractivity contribution in [3.05, 3.63) is 16.6 Å². The van der Waals surface area contributed by atoms with Gasteiger partial charge in [-0.25, -0.2) is 4.98 Å². The van der Waals surface area contributed by atoms with Crippen LogP contribution in [0.3, 0.4) is 0 Å². The van der Waals surface area contributed by atoms with Gasteiger partial charge in [0.1, 0.15) is 0 Å². The van der Waals surface area contributed by atoms with Crippen molar-refractivity contribution in [1.29, 1.82) is 0 Å². The Hall–Kier alpha value is -0.940. The van der Waals surface area contributed by atoms with Crippen molar-refractivity contribution in [3.63, 3.8) is 0 Å². The Morgan fingerprint density at radius 1 is 1.69 bits per heavy atom. The average molecular weight is 239 g/mol. The second kappa shape index (κ2) is 5.96. The maximum absolute atomic E-state index is 11.6. The van der Waals surface area contributed by atoms with E-state index in [2.05, 4.69) is 15.6 Å². The predicted molar refractivity (Wildman–Crippen MR) is 64.2 cm³/mol. The molecule has 0 radical (unpaired) electrons. The molecule has 0 aromatic carbocycles. The van der Waals surface area contributed by atoms with Crippen molar-refractivity contribution in [3.8, 4) is 0 Å². The first-order valence-electron chi connectivity index (χ1n) is 5.69. The van der Waals surface area contributed by atoms with Crippen LogP contribution in [0.5, 0.6) is 0 Å². The molecule has 1 aromatic heterocycles. The fourth-order valence-electron chi connectivity index (χ4n) is 1.95. The molecule has 1 atom stereocenters. The maximum Gasteiger partial charge on any atom is 0.220 e. The molecule has 1 saturated heterocycles. The van der Waals surface area contributed by atoms with Gasteiger partial charge < -0.3 is 10.6 Å². The summed E-state index contributed by atoms with van der Waals surface area (Å²) < 4.78 is 0. The fourth-order valence-corrected chi connectivity index (χ4v) is 2.50. The Balaban J connectivity index is 1.67. The standard InChI is InChI=1S/C11H17N3OS/c15-11(4-9-2-1-3-12-5-9)13-6-10-7-16-8-14-10/h7-9,12H,1-6H2,(H,13,15). The summed E-state index contributed by atoms with van der Waals surface area (Å²) in [6, 6.07) is 0. The van der Waals surface area contributed by atoms with Crippen LogP contribution in [0, 0.1) is 5.92 Å². The number of thiazole rings is 1. The minimum atomic E-state index is 0.140. The summed E-state index contributed by atoms with van der Waals surface area (Å²) in [6.07, 6.45) is 2.98. The lowest BCUT2D eigenvalue weighted by Crippen LogP contribution is -2.34. The van der Waals surface area contributed by atoms with E-state index in [-0.39, 0.29) is 5.91 Å². The molecule has 1 unspecified atom stereocenters. The monoisotopic (exact) mass is 239 g/mol. The summed E-state index contributed by atoms with van der Waals surface area (Å²) in [5.41, 5.74) is 2.73. The highest BCUT2D eigenvalue weighted by Crippen LogP contribution is 2.13.